The average Bonchev–Trinajstić information content (AvgIpc) is 2.84. The maximum Gasteiger partial charge on any atom is 0.258 e. The molecule has 0 bridgehead atoms. The van der Waals surface area contributed by atoms with Gasteiger partial charge in [-0.1, -0.05) is 23.4 Å². The zero-order valence-electron chi connectivity index (χ0n) is 9.65. The molecule has 8 nitrogen and oxygen atoms in total. The van der Waals surface area contributed by atoms with Gasteiger partial charge in [-0.05, 0) is 6.26 Å². The van der Waals surface area contributed by atoms with Crippen LogP contribution in [0.2, 0.25) is 5.02 Å². The third-order valence-corrected chi connectivity index (χ3v) is 2.96. The van der Waals surface area contributed by atoms with Crippen LogP contribution in [0.1, 0.15) is 0 Å². The van der Waals surface area contributed by atoms with Gasteiger partial charge in [0, 0.05) is 12.4 Å². The number of hydrogen-bond donors (Lipinski definition) is 1. The minimum Gasteiger partial charge on any atom is -0.368 e. The predicted molar refractivity (Wildman–Crippen MR) is 70.8 cm³/mol. The van der Waals surface area contributed by atoms with E-state index in [1.54, 1.807) is 0 Å². The third-order valence-electron chi connectivity index (χ3n) is 2.22. The van der Waals surface area contributed by atoms with Crippen molar-refractivity contribution in [2.45, 2.75) is 5.16 Å². The third kappa shape index (κ3) is 2.17. The van der Waals surface area contributed by atoms with Gasteiger partial charge in [-0.15, -0.1) is 5.10 Å². The van der Waals surface area contributed by atoms with Crippen molar-refractivity contribution in [2.24, 2.45) is 0 Å². The number of nitrogens with zero attached hydrogens (tertiary/aromatic N) is 7. The number of aromatic nitrogens is 7. The topological polar surface area (TPSA) is 108 Å². The molecule has 2 N–H and O–H groups in total. The molecule has 0 spiro atoms. The van der Waals surface area contributed by atoms with Crippen molar-refractivity contribution in [2.75, 3.05) is 12.0 Å². The summed E-state index contributed by atoms with van der Waals surface area (Å²) in [5.41, 5.74) is 5.78. The Labute approximate surface area is 116 Å². The summed E-state index contributed by atoms with van der Waals surface area (Å²) in [6, 6.07) is 0. The second kappa shape index (κ2) is 4.59. The summed E-state index contributed by atoms with van der Waals surface area (Å²) < 4.78 is 1.34. The Morgan fingerprint density at radius 2 is 1.89 bits per heavy atom. The lowest BCUT2D eigenvalue weighted by Gasteiger charge is -1.97. The van der Waals surface area contributed by atoms with Gasteiger partial charge in [0.1, 0.15) is 0 Å². The second-order valence-corrected chi connectivity index (χ2v) is 4.65. The molecule has 3 aromatic heterocycles. The van der Waals surface area contributed by atoms with E-state index < -0.39 is 0 Å². The molecule has 3 aromatic rings. The molecular weight excluding hydrogens is 288 g/mol. The van der Waals surface area contributed by atoms with Crippen molar-refractivity contribution < 1.29 is 0 Å². The molecule has 0 aliphatic carbocycles. The largest absolute Gasteiger partial charge is 0.368 e. The number of rotatable bonds is 2. The van der Waals surface area contributed by atoms with Crippen molar-refractivity contribution in [3.63, 3.8) is 0 Å². The normalized spacial score (nSPS) is 11.1. The molecule has 0 aliphatic heterocycles. The van der Waals surface area contributed by atoms with Crippen molar-refractivity contribution >= 4 is 35.1 Å². The number of nitrogens with two attached hydrogens (primary N) is 1. The molecule has 3 heterocycles. The summed E-state index contributed by atoms with van der Waals surface area (Å²) in [6.07, 6.45) is 4.79. The number of halogens is 1. The standard InChI is InChI=1S/C9H7ClN8S/c1-19-9-15-7(11)18-8(16-9)14-6(17-18)5-12-2-4(10)3-13-5/h2-3H,1H3,(H2,11,14,15,16,17). The number of anilines is 1. The number of nitrogen functional groups attached to an aromatic ring is 1. The van der Waals surface area contributed by atoms with E-state index in [1.807, 2.05) is 6.26 Å². The smallest absolute Gasteiger partial charge is 0.258 e. The lowest BCUT2D eigenvalue weighted by atomic mass is 10.5. The van der Waals surface area contributed by atoms with Crippen LogP contribution in [0.4, 0.5) is 5.95 Å². The van der Waals surface area contributed by atoms with E-state index in [0.717, 1.165) is 0 Å². The van der Waals surface area contributed by atoms with Crippen LogP contribution >= 0.6 is 23.4 Å². The van der Waals surface area contributed by atoms with Gasteiger partial charge >= 0.3 is 0 Å². The van der Waals surface area contributed by atoms with Crippen LogP contribution in [0, 0.1) is 0 Å². The summed E-state index contributed by atoms with van der Waals surface area (Å²) >= 11 is 7.10. The molecule has 0 fully saturated rings. The van der Waals surface area contributed by atoms with Crippen molar-refractivity contribution in [3.05, 3.63) is 17.4 Å². The highest BCUT2D eigenvalue weighted by molar-refractivity contribution is 7.98. The average molecular weight is 295 g/mol. The Balaban J connectivity index is 2.16. The monoisotopic (exact) mass is 294 g/mol. The van der Waals surface area contributed by atoms with Crippen molar-refractivity contribution in [1.82, 2.24) is 34.5 Å². The van der Waals surface area contributed by atoms with Crippen LogP contribution in [0.5, 0.6) is 0 Å². The van der Waals surface area contributed by atoms with Crippen LogP contribution in [0.15, 0.2) is 17.6 Å². The maximum absolute atomic E-state index is 5.78. The van der Waals surface area contributed by atoms with E-state index >= 15 is 0 Å². The molecular formula is C9H7ClN8S. The quantitative estimate of drug-likeness (QED) is 0.696. The van der Waals surface area contributed by atoms with Crippen LogP contribution in [0.3, 0.4) is 0 Å². The molecule has 0 unspecified atom stereocenters. The Kier molecular flexibility index (Phi) is 2.91. The van der Waals surface area contributed by atoms with E-state index in [9.17, 15) is 0 Å². The van der Waals surface area contributed by atoms with E-state index in [-0.39, 0.29) is 5.95 Å². The molecule has 3 rings (SSSR count). The van der Waals surface area contributed by atoms with E-state index in [4.69, 9.17) is 17.3 Å². The summed E-state index contributed by atoms with van der Waals surface area (Å²) in [4.78, 5) is 20.6. The molecule has 10 heteroatoms. The van der Waals surface area contributed by atoms with Gasteiger partial charge in [-0.3, -0.25) is 0 Å². The first-order valence-electron chi connectivity index (χ1n) is 5.09. The van der Waals surface area contributed by atoms with Crippen molar-refractivity contribution in [3.8, 4) is 11.6 Å². The highest BCUT2D eigenvalue weighted by Gasteiger charge is 2.13. The van der Waals surface area contributed by atoms with Gasteiger partial charge in [-0.2, -0.15) is 19.5 Å². The van der Waals surface area contributed by atoms with Crippen LogP contribution in [-0.4, -0.2) is 40.8 Å². The van der Waals surface area contributed by atoms with E-state index in [2.05, 4.69) is 30.0 Å². The highest BCUT2D eigenvalue weighted by atomic mass is 35.5. The first kappa shape index (κ1) is 12.1. The molecule has 0 radical (unpaired) electrons. The minimum absolute atomic E-state index is 0.210. The molecule has 96 valence electrons. The summed E-state index contributed by atoms with van der Waals surface area (Å²) in [5.74, 6) is 1.23. The van der Waals surface area contributed by atoms with Gasteiger partial charge in [0.2, 0.25) is 11.8 Å². The predicted octanol–water partition coefficient (Wildman–Crippen LogP) is 0.934. The summed E-state index contributed by atoms with van der Waals surface area (Å²) in [7, 11) is 0. The van der Waals surface area contributed by atoms with Gasteiger partial charge in [0.25, 0.3) is 5.78 Å². The van der Waals surface area contributed by atoms with Gasteiger partial charge in [-0.25, -0.2) is 9.97 Å². The van der Waals surface area contributed by atoms with Gasteiger partial charge in [0.05, 0.1) is 5.02 Å². The van der Waals surface area contributed by atoms with Crippen LogP contribution in [0.25, 0.3) is 17.4 Å². The molecule has 0 saturated heterocycles. The number of thioether (sulfide) groups is 1. The van der Waals surface area contributed by atoms with Crippen LogP contribution < -0.4 is 5.73 Å². The lowest BCUT2D eigenvalue weighted by Crippen LogP contribution is -2.04. The minimum atomic E-state index is 0.210. The molecule has 0 aliphatic rings. The Morgan fingerprint density at radius 3 is 2.58 bits per heavy atom. The lowest BCUT2D eigenvalue weighted by molar-refractivity contribution is 0.849. The van der Waals surface area contributed by atoms with Gasteiger partial charge < -0.3 is 5.73 Å². The first-order valence-corrected chi connectivity index (χ1v) is 6.70. The Hall–Kier alpha value is -2.00. The fourth-order valence-electron chi connectivity index (χ4n) is 1.40. The van der Waals surface area contributed by atoms with Gasteiger partial charge in [0.15, 0.2) is 11.0 Å². The zero-order valence-corrected chi connectivity index (χ0v) is 11.2. The zero-order chi connectivity index (χ0) is 13.4. The molecule has 0 atom stereocenters. The fraction of sp³-hybridized carbons (Fsp3) is 0.111. The Bertz CT molecular complexity index is 740. The second-order valence-electron chi connectivity index (χ2n) is 3.44. The molecule has 0 saturated carbocycles. The molecule has 19 heavy (non-hydrogen) atoms. The maximum atomic E-state index is 5.78. The van der Waals surface area contributed by atoms with Crippen molar-refractivity contribution in [1.29, 1.82) is 0 Å². The summed E-state index contributed by atoms with van der Waals surface area (Å²) in [5, 5.41) is 5.14. The SMILES string of the molecule is CSc1nc(N)n2nc(-c3ncc(Cl)cn3)nc2n1. The molecule has 0 amide bonds. The fourth-order valence-corrected chi connectivity index (χ4v) is 1.85. The highest BCUT2D eigenvalue weighted by Crippen LogP contribution is 2.16. The number of fused-ring (bicyclic) bond motifs is 1. The van der Waals surface area contributed by atoms with E-state index in [0.29, 0.717) is 27.6 Å². The summed E-state index contributed by atoms with van der Waals surface area (Å²) in [6.45, 7) is 0. The Morgan fingerprint density at radius 1 is 1.16 bits per heavy atom. The van der Waals surface area contributed by atoms with E-state index in [1.165, 1.54) is 28.7 Å². The van der Waals surface area contributed by atoms with Crippen LogP contribution in [-0.2, 0) is 0 Å². The first-order chi connectivity index (χ1) is 9.17. The number of hydrogen-bond acceptors (Lipinski definition) is 8. The molecule has 0 aromatic carbocycles.